The number of aryl methyl sites for hydroxylation is 2. The zero-order valence-corrected chi connectivity index (χ0v) is 16.9. The standard InChI is InChI=1S/C22H23ClN4O/c1-16-14-21(17(2)13-19(16)24-15-26-10-5-6-11-26)28-22-9-12-27(25-22)20-8-4-3-7-18(20)23/h3-4,7-9,12-15H,5-6,10-11H2,1-2H3/b24-15+. The summed E-state index contributed by atoms with van der Waals surface area (Å²) in [6.45, 7) is 6.26. The third-order valence-electron chi connectivity index (χ3n) is 4.87. The van der Waals surface area contributed by atoms with Gasteiger partial charge in [0.25, 0.3) is 0 Å². The lowest BCUT2D eigenvalue weighted by Crippen LogP contribution is -2.16. The summed E-state index contributed by atoms with van der Waals surface area (Å²) in [7, 11) is 0. The molecule has 2 heterocycles. The van der Waals surface area contributed by atoms with Crippen molar-refractivity contribution >= 4 is 23.6 Å². The molecule has 0 bridgehead atoms. The van der Waals surface area contributed by atoms with Gasteiger partial charge in [-0.15, -0.1) is 5.10 Å². The number of ether oxygens (including phenoxy) is 1. The van der Waals surface area contributed by atoms with Crippen molar-refractivity contribution < 1.29 is 4.74 Å². The van der Waals surface area contributed by atoms with Crippen LogP contribution in [0.15, 0.2) is 53.7 Å². The summed E-state index contributed by atoms with van der Waals surface area (Å²) in [5.74, 6) is 1.30. The van der Waals surface area contributed by atoms with E-state index in [1.165, 1.54) is 12.8 Å². The molecule has 1 aromatic heterocycles. The van der Waals surface area contributed by atoms with Crippen LogP contribution < -0.4 is 4.74 Å². The van der Waals surface area contributed by atoms with Crippen LogP contribution >= 0.6 is 11.6 Å². The van der Waals surface area contributed by atoms with Gasteiger partial charge in [0, 0.05) is 25.4 Å². The third-order valence-corrected chi connectivity index (χ3v) is 5.19. The molecule has 0 aliphatic carbocycles. The molecule has 5 nitrogen and oxygen atoms in total. The Morgan fingerprint density at radius 2 is 1.86 bits per heavy atom. The first-order chi connectivity index (χ1) is 13.6. The lowest BCUT2D eigenvalue weighted by molar-refractivity contribution is 0.454. The minimum atomic E-state index is 0.524. The molecule has 0 atom stereocenters. The Morgan fingerprint density at radius 3 is 2.64 bits per heavy atom. The van der Waals surface area contributed by atoms with Crippen LogP contribution in [0.5, 0.6) is 11.6 Å². The molecular weight excluding hydrogens is 372 g/mol. The van der Waals surface area contributed by atoms with E-state index in [0.29, 0.717) is 10.9 Å². The molecule has 0 saturated carbocycles. The highest BCUT2D eigenvalue weighted by Crippen LogP contribution is 2.31. The van der Waals surface area contributed by atoms with E-state index < -0.39 is 0 Å². The number of aliphatic imine (C=N–C) groups is 1. The molecule has 3 aromatic rings. The summed E-state index contributed by atoms with van der Waals surface area (Å²) in [5, 5.41) is 5.14. The molecule has 1 fully saturated rings. The Labute approximate surface area is 170 Å². The van der Waals surface area contributed by atoms with Gasteiger partial charge in [-0.05, 0) is 62.1 Å². The average Bonchev–Trinajstić information content (AvgIpc) is 3.36. The number of benzene rings is 2. The molecule has 6 heteroatoms. The van der Waals surface area contributed by atoms with Crippen LogP contribution in [0.4, 0.5) is 5.69 Å². The second-order valence-electron chi connectivity index (χ2n) is 7.04. The van der Waals surface area contributed by atoms with E-state index >= 15 is 0 Å². The Morgan fingerprint density at radius 1 is 1.07 bits per heavy atom. The molecule has 1 aliphatic rings. The second-order valence-corrected chi connectivity index (χ2v) is 7.45. The van der Waals surface area contributed by atoms with Gasteiger partial charge >= 0.3 is 0 Å². The smallest absolute Gasteiger partial charge is 0.238 e. The zero-order valence-electron chi connectivity index (χ0n) is 16.1. The molecular formula is C22H23ClN4O. The van der Waals surface area contributed by atoms with E-state index in [2.05, 4.69) is 21.1 Å². The van der Waals surface area contributed by atoms with E-state index in [4.69, 9.17) is 16.3 Å². The number of rotatable bonds is 5. The largest absolute Gasteiger partial charge is 0.437 e. The SMILES string of the molecule is Cc1cc(Oc2ccn(-c3ccccc3Cl)n2)c(C)cc1/N=C/N1CCCC1. The fourth-order valence-electron chi connectivity index (χ4n) is 3.27. The molecule has 28 heavy (non-hydrogen) atoms. The van der Waals surface area contributed by atoms with Gasteiger partial charge in [0.1, 0.15) is 5.75 Å². The lowest BCUT2D eigenvalue weighted by Gasteiger charge is -2.12. The Kier molecular flexibility index (Phi) is 5.35. The van der Waals surface area contributed by atoms with Crippen LogP contribution in [0, 0.1) is 13.8 Å². The molecule has 1 aliphatic heterocycles. The Balaban J connectivity index is 1.52. The Hall–Kier alpha value is -2.79. The van der Waals surface area contributed by atoms with Crippen molar-refractivity contribution in [3.8, 4) is 17.3 Å². The fourth-order valence-corrected chi connectivity index (χ4v) is 3.49. The van der Waals surface area contributed by atoms with Crippen molar-refractivity contribution in [3.05, 3.63) is 64.8 Å². The third kappa shape index (κ3) is 4.04. The fraction of sp³-hybridized carbons (Fsp3) is 0.273. The van der Waals surface area contributed by atoms with Crippen LogP contribution in [0.3, 0.4) is 0 Å². The molecule has 144 valence electrons. The summed E-state index contributed by atoms with van der Waals surface area (Å²) >= 11 is 6.25. The van der Waals surface area contributed by atoms with E-state index in [-0.39, 0.29) is 0 Å². The maximum atomic E-state index is 6.25. The predicted octanol–water partition coefficient (Wildman–Crippen LogP) is 5.69. The molecule has 1 saturated heterocycles. The maximum absolute atomic E-state index is 6.25. The highest BCUT2D eigenvalue weighted by molar-refractivity contribution is 6.32. The number of halogens is 1. The van der Waals surface area contributed by atoms with Crippen molar-refractivity contribution in [2.45, 2.75) is 26.7 Å². The first kappa shape index (κ1) is 18.6. The number of nitrogens with zero attached hydrogens (tertiary/aromatic N) is 4. The summed E-state index contributed by atoms with van der Waals surface area (Å²) in [5.41, 5.74) is 3.88. The lowest BCUT2D eigenvalue weighted by atomic mass is 10.1. The number of aromatic nitrogens is 2. The van der Waals surface area contributed by atoms with Gasteiger partial charge in [-0.1, -0.05) is 23.7 Å². The minimum absolute atomic E-state index is 0.524. The van der Waals surface area contributed by atoms with Gasteiger partial charge in [-0.3, -0.25) is 0 Å². The molecule has 2 aromatic carbocycles. The summed E-state index contributed by atoms with van der Waals surface area (Å²) < 4.78 is 7.74. The molecule has 0 radical (unpaired) electrons. The minimum Gasteiger partial charge on any atom is -0.437 e. The van der Waals surface area contributed by atoms with Crippen molar-refractivity contribution in [1.82, 2.24) is 14.7 Å². The van der Waals surface area contributed by atoms with Gasteiger partial charge in [0.15, 0.2) is 0 Å². The van der Waals surface area contributed by atoms with Crippen LogP contribution in [0.1, 0.15) is 24.0 Å². The van der Waals surface area contributed by atoms with Crippen molar-refractivity contribution in [1.29, 1.82) is 0 Å². The molecule has 0 amide bonds. The molecule has 0 spiro atoms. The maximum Gasteiger partial charge on any atom is 0.238 e. The molecule has 0 N–H and O–H groups in total. The quantitative estimate of drug-likeness (QED) is 0.412. The Bertz CT molecular complexity index is 1010. The summed E-state index contributed by atoms with van der Waals surface area (Å²) in [6, 6.07) is 13.5. The molecule has 4 rings (SSSR count). The van der Waals surface area contributed by atoms with E-state index in [0.717, 1.165) is 41.3 Å². The normalized spacial score (nSPS) is 14.2. The van der Waals surface area contributed by atoms with E-state index in [1.54, 1.807) is 4.68 Å². The van der Waals surface area contributed by atoms with Crippen molar-refractivity contribution in [2.75, 3.05) is 13.1 Å². The van der Waals surface area contributed by atoms with Crippen LogP contribution in [0.2, 0.25) is 5.02 Å². The first-order valence-electron chi connectivity index (χ1n) is 9.48. The first-order valence-corrected chi connectivity index (χ1v) is 9.86. The number of likely N-dealkylation sites (tertiary alicyclic amines) is 1. The van der Waals surface area contributed by atoms with Crippen molar-refractivity contribution in [3.63, 3.8) is 0 Å². The number of para-hydroxylation sites is 1. The van der Waals surface area contributed by atoms with Gasteiger partial charge < -0.3 is 9.64 Å². The van der Waals surface area contributed by atoms with Crippen LogP contribution in [0.25, 0.3) is 5.69 Å². The highest BCUT2D eigenvalue weighted by atomic mass is 35.5. The van der Waals surface area contributed by atoms with Crippen LogP contribution in [-0.2, 0) is 0 Å². The summed E-state index contributed by atoms with van der Waals surface area (Å²) in [4.78, 5) is 6.93. The van der Waals surface area contributed by atoms with E-state index in [9.17, 15) is 0 Å². The van der Waals surface area contributed by atoms with Gasteiger partial charge in [-0.25, -0.2) is 9.67 Å². The topological polar surface area (TPSA) is 42.6 Å². The van der Waals surface area contributed by atoms with Gasteiger partial charge in [0.2, 0.25) is 5.88 Å². The highest BCUT2D eigenvalue weighted by Gasteiger charge is 2.11. The van der Waals surface area contributed by atoms with Crippen molar-refractivity contribution in [2.24, 2.45) is 4.99 Å². The molecule has 0 unspecified atom stereocenters. The average molecular weight is 395 g/mol. The monoisotopic (exact) mass is 394 g/mol. The van der Waals surface area contributed by atoms with Crippen LogP contribution in [-0.4, -0.2) is 34.1 Å². The van der Waals surface area contributed by atoms with E-state index in [1.807, 2.05) is 62.8 Å². The predicted molar refractivity (Wildman–Crippen MR) is 114 cm³/mol. The number of hydrogen-bond donors (Lipinski definition) is 0. The zero-order chi connectivity index (χ0) is 19.5. The second kappa shape index (κ2) is 8.07. The number of hydrogen-bond acceptors (Lipinski definition) is 3. The van der Waals surface area contributed by atoms with Gasteiger partial charge in [-0.2, -0.15) is 0 Å². The van der Waals surface area contributed by atoms with Gasteiger partial charge in [0.05, 0.1) is 22.7 Å². The summed E-state index contributed by atoms with van der Waals surface area (Å²) in [6.07, 6.45) is 6.29.